The Morgan fingerprint density at radius 3 is 3.14 bits per heavy atom. The molecule has 0 aliphatic carbocycles. The molecule has 0 unspecified atom stereocenters. The molecule has 1 N–H and O–H groups in total. The lowest BCUT2D eigenvalue weighted by molar-refractivity contribution is 0.763. The molecule has 0 bridgehead atoms. The minimum atomic E-state index is -0.154. The first-order valence-corrected chi connectivity index (χ1v) is 4.37. The third-order valence-corrected chi connectivity index (χ3v) is 1.97. The van der Waals surface area contributed by atoms with Crippen LogP contribution in [-0.2, 0) is 6.54 Å². The number of hydrogen-bond acceptors (Lipinski definition) is 3. The quantitative estimate of drug-likeness (QED) is 0.756. The number of aryl methyl sites for hydroxylation is 1. The molecule has 72 valence electrons. The van der Waals surface area contributed by atoms with Crippen LogP contribution in [0.1, 0.15) is 6.92 Å². The first-order chi connectivity index (χ1) is 6.81. The second kappa shape index (κ2) is 3.45. The zero-order chi connectivity index (χ0) is 9.97. The van der Waals surface area contributed by atoms with Gasteiger partial charge in [-0.25, -0.2) is 9.97 Å². The summed E-state index contributed by atoms with van der Waals surface area (Å²) in [6.07, 6.45) is 4.88. The van der Waals surface area contributed by atoms with Gasteiger partial charge in [0.2, 0.25) is 0 Å². The molecule has 14 heavy (non-hydrogen) atoms. The number of aromatic amines is 1. The molecule has 0 saturated carbocycles. The fourth-order valence-corrected chi connectivity index (χ4v) is 1.27. The Bertz CT molecular complexity index is 485. The minimum absolute atomic E-state index is 0.154. The van der Waals surface area contributed by atoms with Gasteiger partial charge in [-0.1, -0.05) is 0 Å². The number of nitrogens with one attached hydrogen (secondary N) is 1. The van der Waals surface area contributed by atoms with Crippen LogP contribution in [0.5, 0.6) is 0 Å². The third kappa shape index (κ3) is 1.44. The minimum Gasteiger partial charge on any atom is -0.328 e. The second-order valence-electron chi connectivity index (χ2n) is 2.85. The van der Waals surface area contributed by atoms with Crippen molar-refractivity contribution < 1.29 is 0 Å². The second-order valence-corrected chi connectivity index (χ2v) is 2.85. The van der Waals surface area contributed by atoms with Crippen molar-refractivity contribution in [3.8, 4) is 11.5 Å². The van der Waals surface area contributed by atoms with Crippen LogP contribution in [0.25, 0.3) is 11.5 Å². The lowest BCUT2D eigenvalue weighted by atomic mass is 10.4. The van der Waals surface area contributed by atoms with Gasteiger partial charge in [0, 0.05) is 18.8 Å². The van der Waals surface area contributed by atoms with Gasteiger partial charge in [-0.05, 0) is 6.92 Å². The molecule has 5 heteroatoms. The summed E-state index contributed by atoms with van der Waals surface area (Å²) in [5.74, 6) is 0.553. The monoisotopic (exact) mass is 190 g/mol. The van der Waals surface area contributed by atoms with Crippen molar-refractivity contribution in [3.63, 3.8) is 0 Å². The standard InChI is InChI=1S/C9H10N4O/c1-2-13-6-10-5-7(13)9-11-4-3-8(14)12-9/h3-6H,2H2,1H3,(H,11,12,14). The van der Waals surface area contributed by atoms with Crippen LogP contribution in [0.3, 0.4) is 0 Å². The van der Waals surface area contributed by atoms with E-state index in [1.807, 2.05) is 11.5 Å². The van der Waals surface area contributed by atoms with E-state index < -0.39 is 0 Å². The van der Waals surface area contributed by atoms with Crippen LogP contribution in [-0.4, -0.2) is 19.5 Å². The van der Waals surface area contributed by atoms with Gasteiger partial charge in [0.15, 0.2) is 5.82 Å². The first kappa shape index (κ1) is 8.68. The van der Waals surface area contributed by atoms with Gasteiger partial charge in [0.1, 0.15) is 5.69 Å². The number of aromatic nitrogens is 4. The lowest BCUT2D eigenvalue weighted by Crippen LogP contribution is -2.08. The van der Waals surface area contributed by atoms with E-state index in [1.54, 1.807) is 12.5 Å². The average Bonchev–Trinajstić information content (AvgIpc) is 2.65. The van der Waals surface area contributed by atoms with E-state index in [0.29, 0.717) is 5.82 Å². The van der Waals surface area contributed by atoms with Crippen LogP contribution >= 0.6 is 0 Å². The molecule has 0 amide bonds. The predicted octanol–water partition coefficient (Wildman–Crippen LogP) is 0.653. The molecule has 0 fully saturated rings. The molecule has 2 heterocycles. The van der Waals surface area contributed by atoms with E-state index in [0.717, 1.165) is 12.2 Å². The van der Waals surface area contributed by atoms with Gasteiger partial charge in [-0.3, -0.25) is 4.79 Å². The molecule has 2 rings (SSSR count). The van der Waals surface area contributed by atoms with Gasteiger partial charge in [-0.15, -0.1) is 0 Å². The molecule has 0 atom stereocenters. The number of rotatable bonds is 2. The number of hydrogen-bond donors (Lipinski definition) is 1. The van der Waals surface area contributed by atoms with Gasteiger partial charge >= 0.3 is 0 Å². The summed E-state index contributed by atoms with van der Waals surface area (Å²) in [6.45, 7) is 2.81. The Morgan fingerprint density at radius 1 is 1.57 bits per heavy atom. The van der Waals surface area contributed by atoms with Crippen molar-refractivity contribution >= 4 is 0 Å². The topological polar surface area (TPSA) is 63.6 Å². The molecule has 0 spiro atoms. The predicted molar refractivity (Wildman–Crippen MR) is 51.8 cm³/mol. The summed E-state index contributed by atoms with van der Waals surface area (Å²) >= 11 is 0. The molecule has 0 aromatic carbocycles. The highest BCUT2D eigenvalue weighted by molar-refractivity contribution is 5.47. The summed E-state index contributed by atoms with van der Waals surface area (Å²) in [5.41, 5.74) is 0.670. The van der Waals surface area contributed by atoms with Gasteiger partial charge in [0.05, 0.1) is 12.5 Å². The summed E-state index contributed by atoms with van der Waals surface area (Å²) in [6, 6.07) is 1.39. The first-order valence-electron chi connectivity index (χ1n) is 4.37. The van der Waals surface area contributed by atoms with Crippen LogP contribution < -0.4 is 5.56 Å². The Hall–Kier alpha value is -1.91. The van der Waals surface area contributed by atoms with E-state index in [-0.39, 0.29) is 5.56 Å². The van der Waals surface area contributed by atoms with Crippen molar-refractivity contribution in [3.05, 3.63) is 35.1 Å². The molecule has 0 aliphatic rings. The number of imidazole rings is 1. The molecule has 0 aliphatic heterocycles. The van der Waals surface area contributed by atoms with Crippen molar-refractivity contribution in [2.75, 3.05) is 0 Å². The highest BCUT2D eigenvalue weighted by Gasteiger charge is 2.04. The largest absolute Gasteiger partial charge is 0.328 e. The zero-order valence-electron chi connectivity index (χ0n) is 7.77. The SMILES string of the molecule is CCn1cncc1-c1nccc(=O)[nH]1. The van der Waals surface area contributed by atoms with Crippen molar-refractivity contribution in [1.29, 1.82) is 0 Å². The maximum Gasteiger partial charge on any atom is 0.251 e. The van der Waals surface area contributed by atoms with Gasteiger partial charge in [-0.2, -0.15) is 0 Å². The van der Waals surface area contributed by atoms with Crippen molar-refractivity contribution in [1.82, 2.24) is 19.5 Å². The highest BCUT2D eigenvalue weighted by atomic mass is 16.1. The maximum absolute atomic E-state index is 11.1. The molecule has 2 aromatic rings. The van der Waals surface area contributed by atoms with Crippen molar-refractivity contribution in [2.24, 2.45) is 0 Å². The van der Waals surface area contributed by atoms with Crippen LogP contribution in [0.2, 0.25) is 0 Å². The van der Waals surface area contributed by atoms with Crippen LogP contribution in [0, 0.1) is 0 Å². The molecule has 5 nitrogen and oxygen atoms in total. The molecular formula is C9H10N4O. The van der Waals surface area contributed by atoms with E-state index in [1.165, 1.54) is 12.3 Å². The molecule has 2 aromatic heterocycles. The van der Waals surface area contributed by atoms with E-state index >= 15 is 0 Å². The summed E-state index contributed by atoms with van der Waals surface area (Å²) in [5, 5.41) is 0. The Morgan fingerprint density at radius 2 is 2.43 bits per heavy atom. The zero-order valence-corrected chi connectivity index (χ0v) is 7.77. The summed E-state index contributed by atoms with van der Waals surface area (Å²) < 4.78 is 1.91. The Labute approximate surface area is 80.5 Å². The smallest absolute Gasteiger partial charge is 0.251 e. The van der Waals surface area contributed by atoms with E-state index in [2.05, 4.69) is 15.0 Å². The van der Waals surface area contributed by atoms with Gasteiger partial charge < -0.3 is 9.55 Å². The maximum atomic E-state index is 11.1. The van der Waals surface area contributed by atoms with Gasteiger partial charge in [0.25, 0.3) is 5.56 Å². The Balaban J connectivity index is 2.54. The normalized spacial score (nSPS) is 10.4. The fraction of sp³-hybridized carbons (Fsp3) is 0.222. The van der Waals surface area contributed by atoms with Crippen LogP contribution in [0.4, 0.5) is 0 Å². The number of H-pyrrole nitrogens is 1. The highest BCUT2D eigenvalue weighted by Crippen LogP contribution is 2.11. The molecule has 0 radical (unpaired) electrons. The van der Waals surface area contributed by atoms with Crippen molar-refractivity contribution in [2.45, 2.75) is 13.5 Å². The molecule has 0 saturated heterocycles. The van der Waals surface area contributed by atoms with Crippen LogP contribution in [0.15, 0.2) is 29.6 Å². The lowest BCUT2D eigenvalue weighted by Gasteiger charge is -2.02. The molecular weight excluding hydrogens is 180 g/mol. The van der Waals surface area contributed by atoms with E-state index in [4.69, 9.17) is 0 Å². The van der Waals surface area contributed by atoms with E-state index in [9.17, 15) is 4.79 Å². The average molecular weight is 190 g/mol. The summed E-state index contributed by atoms with van der Waals surface area (Å²) in [4.78, 5) is 21.8. The third-order valence-electron chi connectivity index (χ3n) is 1.97. The Kier molecular flexibility index (Phi) is 2.14. The summed E-state index contributed by atoms with van der Waals surface area (Å²) in [7, 11) is 0. The number of nitrogens with zero attached hydrogens (tertiary/aromatic N) is 3. The fourth-order valence-electron chi connectivity index (χ4n) is 1.27.